The summed E-state index contributed by atoms with van der Waals surface area (Å²) in [5.41, 5.74) is 0.638. The molecule has 2 aromatic rings. The van der Waals surface area contributed by atoms with E-state index in [0.29, 0.717) is 21.7 Å². The SMILES string of the molecule is CC=CCC(C(=O)O)n1cc(OC)c(-c2cc(Cl)ccc2C#N)cc1=O. The highest BCUT2D eigenvalue weighted by molar-refractivity contribution is 6.31. The Kier molecular flexibility index (Phi) is 6.21. The summed E-state index contributed by atoms with van der Waals surface area (Å²) < 4.78 is 6.46. The quantitative estimate of drug-likeness (QED) is 0.781. The van der Waals surface area contributed by atoms with Gasteiger partial charge in [0.25, 0.3) is 5.56 Å². The molecule has 0 saturated heterocycles. The summed E-state index contributed by atoms with van der Waals surface area (Å²) in [5.74, 6) is -0.851. The third-order valence-corrected chi connectivity index (χ3v) is 4.11. The van der Waals surface area contributed by atoms with Crippen molar-refractivity contribution >= 4 is 17.6 Å². The first-order chi connectivity index (χ1) is 12.4. The third kappa shape index (κ3) is 3.95. The van der Waals surface area contributed by atoms with Crippen LogP contribution in [0.3, 0.4) is 0 Å². The van der Waals surface area contributed by atoms with E-state index in [-0.39, 0.29) is 12.2 Å². The van der Waals surface area contributed by atoms with Crippen LogP contribution in [0.4, 0.5) is 0 Å². The van der Waals surface area contributed by atoms with Crippen molar-refractivity contribution in [3.8, 4) is 22.9 Å². The van der Waals surface area contributed by atoms with Gasteiger partial charge in [-0.25, -0.2) is 4.79 Å². The standard InChI is InChI=1S/C19H17ClN2O4/c1-3-4-5-16(19(24)25)22-11-17(26-2)15(9-18(22)23)14-8-13(20)7-6-12(14)10-21/h3-4,6-9,11,16H,5H2,1-2H3,(H,24,25). The first kappa shape index (κ1) is 19.3. The number of aliphatic carboxylic acids is 1. The number of carboxylic acids is 1. The molecule has 1 heterocycles. The number of ether oxygens (including phenoxy) is 1. The third-order valence-electron chi connectivity index (χ3n) is 3.87. The predicted octanol–water partition coefficient (Wildman–Crippen LogP) is 3.64. The van der Waals surface area contributed by atoms with Gasteiger partial charge in [0.05, 0.1) is 24.9 Å². The molecule has 134 valence electrons. The number of allylic oxidation sites excluding steroid dienone is 2. The van der Waals surface area contributed by atoms with Crippen molar-refractivity contribution in [3.05, 3.63) is 63.6 Å². The van der Waals surface area contributed by atoms with E-state index in [1.165, 1.54) is 19.4 Å². The maximum absolute atomic E-state index is 12.6. The van der Waals surface area contributed by atoms with Crippen LogP contribution in [-0.4, -0.2) is 22.8 Å². The molecule has 0 bridgehead atoms. The van der Waals surface area contributed by atoms with Crippen molar-refractivity contribution in [1.29, 1.82) is 5.26 Å². The fourth-order valence-electron chi connectivity index (χ4n) is 2.58. The molecule has 1 aromatic heterocycles. The molecule has 0 fully saturated rings. The van der Waals surface area contributed by atoms with E-state index in [2.05, 4.69) is 0 Å². The molecule has 0 spiro atoms. The summed E-state index contributed by atoms with van der Waals surface area (Å²) >= 11 is 6.02. The van der Waals surface area contributed by atoms with Crippen LogP contribution in [0.15, 0.2) is 47.4 Å². The number of pyridine rings is 1. The topological polar surface area (TPSA) is 92.3 Å². The van der Waals surface area contributed by atoms with Crippen molar-refractivity contribution in [2.75, 3.05) is 7.11 Å². The Morgan fingerprint density at radius 2 is 2.15 bits per heavy atom. The number of carbonyl (C=O) groups is 1. The summed E-state index contributed by atoms with van der Waals surface area (Å²) in [6, 6.07) is 6.95. The maximum atomic E-state index is 12.6. The molecule has 0 aliphatic rings. The minimum absolute atomic E-state index is 0.162. The molecule has 0 radical (unpaired) electrons. The number of carboxylic acid groups (broad SMARTS) is 1. The second-order valence-corrected chi connectivity index (χ2v) is 5.90. The first-order valence-electron chi connectivity index (χ1n) is 7.77. The van der Waals surface area contributed by atoms with Crippen molar-refractivity contribution in [1.82, 2.24) is 4.57 Å². The normalized spacial score (nSPS) is 11.9. The van der Waals surface area contributed by atoms with E-state index in [9.17, 15) is 20.0 Å². The van der Waals surface area contributed by atoms with E-state index in [4.69, 9.17) is 16.3 Å². The Hall–Kier alpha value is -3.04. The largest absolute Gasteiger partial charge is 0.495 e. The second-order valence-electron chi connectivity index (χ2n) is 5.46. The smallest absolute Gasteiger partial charge is 0.327 e. The van der Waals surface area contributed by atoms with Crippen molar-refractivity contribution < 1.29 is 14.6 Å². The number of hydrogen-bond donors (Lipinski definition) is 1. The van der Waals surface area contributed by atoms with E-state index in [0.717, 1.165) is 4.57 Å². The minimum Gasteiger partial charge on any atom is -0.495 e. The lowest BCUT2D eigenvalue weighted by Gasteiger charge is -2.17. The maximum Gasteiger partial charge on any atom is 0.327 e. The minimum atomic E-state index is -1.12. The zero-order chi connectivity index (χ0) is 19.3. The van der Waals surface area contributed by atoms with Gasteiger partial charge >= 0.3 is 5.97 Å². The molecule has 1 aromatic carbocycles. The van der Waals surface area contributed by atoms with E-state index in [1.807, 2.05) is 6.07 Å². The van der Waals surface area contributed by atoms with Gasteiger partial charge in [-0.3, -0.25) is 9.36 Å². The number of nitrogens with zero attached hydrogens (tertiary/aromatic N) is 2. The van der Waals surface area contributed by atoms with Crippen LogP contribution < -0.4 is 10.3 Å². The van der Waals surface area contributed by atoms with E-state index < -0.39 is 17.6 Å². The van der Waals surface area contributed by atoms with Crippen molar-refractivity contribution in [3.63, 3.8) is 0 Å². The van der Waals surface area contributed by atoms with Gasteiger partial charge in [-0.05, 0) is 31.5 Å². The Morgan fingerprint density at radius 1 is 1.42 bits per heavy atom. The molecular formula is C19H17ClN2O4. The van der Waals surface area contributed by atoms with Crippen molar-refractivity contribution in [2.45, 2.75) is 19.4 Å². The summed E-state index contributed by atoms with van der Waals surface area (Å²) in [4.78, 5) is 24.1. The monoisotopic (exact) mass is 372 g/mol. The Balaban J connectivity index is 2.68. The van der Waals surface area contributed by atoms with Gasteiger partial charge in [-0.1, -0.05) is 23.8 Å². The molecule has 1 N–H and O–H groups in total. The van der Waals surface area contributed by atoms with Crippen molar-refractivity contribution in [2.24, 2.45) is 0 Å². The molecular weight excluding hydrogens is 356 g/mol. The van der Waals surface area contributed by atoms with E-state index >= 15 is 0 Å². The molecule has 1 atom stereocenters. The molecule has 1 unspecified atom stereocenters. The molecule has 26 heavy (non-hydrogen) atoms. The van der Waals surface area contributed by atoms with Gasteiger partial charge in [0, 0.05) is 22.2 Å². The Morgan fingerprint density at radius 3 is 2.73 bits per heavy atom. The lowest BCUT2D eigenvalue weighted by atomic mass is 10.00. The van der Waals surface area contributed by atoms with Crippen LogP contribution in [0.25, 0.3) is 11.1 Å². The Labute approximate surface area is 155 Å². The second kappa shape index (κ2) is 8.37. The molecule has 0 aliphatic carbocycles. The van der Waals surface area contributed by atoms with Gasteiger partial charge in [0.1, 0.15) is 11.8 Å². The van der Waals surface area contributed by atoms with Crippen LogP contribution in [0.1, 0.15) is 24.9 Å². The number of aromatic nitrogens is 1. The summed E-state index contributed by atoms with van der Waals surface area (Å²) in [7, 11) is 1.41. The summed E-state index contributed by atoms with van der Waals surface area (Å²) in [5, 5.41) is 19.2. The van der Waals surface area contributed by atoms with Gasteiger partial charge in [0.2, 0.25) is 0 Å². The average Bonchev–Trinajstić information content (AvgIpc) is 2.62. The molecule has 0 aliphatic heterocycles. The fourth-order valence-corrected chi connectivity index (χ4v) is 2.75. The predicted molar refractivity (Wildman–Crippen MR) is 98.5 cm³/mol. The highest BCUT2D eigenvalue weighted by Crippen LogP contribution is 2.33. The van der Waals surface area contributed by atoms with Crippen LogP contribution in [-0.2, 0) is 4.79 Å². The zero-order valence-corrected chi connectivity index (χ0v) is 15.0. The number of halogens is 1. The number of benzene rings is 1. The number of rotatable bonds is 6. The Bertz CT molecular complexity index is 957. The van der Waals surface area contributed by atoms with Crippen LogP contribution in [0.2, 0.25) is 5.02 Å². The van der Waals surface area contributed by atoms with Gasteiger partial charge in [-0.2, -0.15) is 5.26 Å². The van der Waals surface area contributed by atoms with E-state index in [1.54, 1.807) is 37.3 Å². The average molecular weight is 373 g/mol. The number of methoxy groups -OCH3 is 1. The summed E-state index contributed by atoms with van der Waals surface area (Å²) in [6.07, 6.45) is 4.91. The lowest BCUT2D eigenvalue weighted by molar-refractivity contribution is -0.140. The van der Waals surface area contributed by atoms with Gasteiger partial charge in [0.15, 0.2) is 0 Å². The lowest BCUT2D eigenvalue weighted by Crippen LogP contribution is -2.29. The van der Waals surface area contributed by atoms with Gasteiger partial charge < -0.3 is 9.84 Å². The molecule has 0 amide bonds. The number of hydrogen-bond acceptors (Lipinski definition) is 4. The fraction of sp³-hybridized carbons (Fsp3) is 0.211. The molecule has 6 nitrogen and oxygen atoms in total. The number of nitriles is 1. The highest BCUT2D eigenvalue weighted by Gasteiger charge is 2.22. The highest BCUT2D eigenvalue weighted by atomic mass is 35.5. The summed E-state index contributed by atoms with van der Waals surface area (Å²) in [6.45, 7) is 1.77. The van der Waals surface area contributed by atoms with Crippen LogP contribution in [0.5, 0.6) is 5.75 Å². The molecule has 2 rings (SSSR count). The molecule has 7 heteroatoms. The molecule has 0 saturated carbocycles. The first-order valence-corrected chi connectivity index (χ1v) is 8.14. The van der Waals surface area contributed by atoms with Crippen LogP contribution in [0, 0.1) is 11.3 Å². The van der Waals surface area contributed by atoms with Gasteiger partial charge in [-0.15, -0.1) is 0 Å². The zero-order valence-electron chi connectivity index (χ0n) is 14.3. The van der Waals surface area contributed by atoms with Crippen LogP contribution >= 0.6 is 11.6 Å².